The number of para-hydroxylation sites is 1. The van der Waals surface area contributed by atoms with E-state index in [2.05, 4.69) is 0 Å². The minimum atomic E-state index is -0.971. The number of benzene rings is 1. The fourth-order valence-corrected chi connectivity index (χ4v) is 2.94. The lowest BCUT2D eigenvalue weighted by Gasteiger charge is -2.25. The molecule has 0 saturated heterocycles. The molecule has 0 fully saturated rings. The Morgan fingerprint density at radius 2 is 2.00 bits per heavy atom. The van der Waals surface area contributed by atoms with Crippen molar-refractivity contribution in [3.05, 3.63) is 42.0 Å². The molecule has 0 spiro atoms. The number of carboxylic acid groups (broad SMARTS) is 1. The highest BCUT2D eigenvalue weighted by Gasteiger charge is 2.40. The molecule has 104 valence electrons. The van der Waals surface area contributed by atoms with Gasteiger partial charge in [-0.1, -0.05) is 30.4 Å². The van der Waals surface area contributed by atoms with E-state index in [-0.39, 0.29) is 17.9 Å². The first kappa shape index (κ1) is 12.9. The summed E-state index contributed by atoms with van der Waals surface area (Å²) in [5.74, 6) is -1.47. The van der Waals surface area contributed by atoms with Gasteiger partial charge < -0.3 is 10.8 Å². The summed E-state index contributed by atoms with van der Waals surface area (Å²) in [6.07, 6.45) is 4.50. The molecule has 3 atom stereocenters. The van der Waals surface area contributed by atoms with Crippen LogP contribution < -0.4 is 10.6 Å². The molecule has 0 radical (unpaired) electrons. The molecular formula is C15H16N2O3. The van der Waals surface area contributed by atoms with Crippen molar-refractivity contribution in [2.45, 2.75) is 24.9 Å². The van der Waals surface area contributed by atoms with E-state index < -0.39 is 12.0 Å². The van der Waals surface area contributed by atoms with Crippen molar-refractivity contribution in [1.82, 2.24) is 0 Å². The average molecular weight is 272 g/mol. The van der Waals surface area contributed by atoms with Crippen molar-refractivity contribution in [3.63, 3.8) is 0 Å². The van der Waals surface area contributed by atoms with Gasteiger partial charge in [0.15, 0.2) is 0 Å². The van der Waals surface area contributed by atoms with Crippen LogP contribution in [0.25, 0.3) is 0 Å². The summed E-state index contributed by atoms with van der Waals surface area (Å²) in [7, 11) is 0. The number of nitrogens with two attached hydrogens (primary N) is 1. The highest BCUT2D eigenvalue weighted by molar-refractivity contribution is 6.03. The van der Waals surface area contributed by atoms with Crippen LogP contribution in [0.4, 0.5) is 5.69 Å². The van der Waals surface area contributed by atoms with Gasteiger partial charge in [-0.3, -0.25) is 9.69 Å². The number of carbonyl (C=O) groups excluding carboxylic acids is 1. The molecule has 1 heterocycles. The number of rotatable bonds is 2. The van der Waals surface area contributed by atoms with Gasteiger partial charge in [0, 0.05) is 18.2 Å². The minimum Gasteiger partial charge on any atom is -0.480 e. The lowest BCUT2D eigenvalue weighted by Crippen LogP contribution is -2.45. The van der Waals surface area contributed by atoms with Crippen LogP contribution >= 0.6 is 0 Å². The molecule has 5 heteroatoms. The Kier molecular flexibility index (Phi) is 3.06. The number of carbonyl (C=O) groups is 2. The predicted molar refractivity (Wildman–Crippen MR) is 74.3 cm³/mol. The van der Waals surface area contributed by atoms with Crippen molar-refractivity contribution in [2.75, 3.05) is 4.90 Å². The summed E-state index contributed by atoms with van der Waals surface area (Å²) in [6.45, 7) is 0. The third kappa shape index (κ3) is 2.00. The quantitative estimate of drug-likeness (QED) is 0.785. The highest BCUT2D eigenvalue weighted by Crippen LogP contribution is 2.34. The fourth-order valence-electron chi connectivity index (χ4n) is 2.94. The smallest absolute Gasteiger partial charge is 0.327 e. The summed E-state index contributed by atoms with van der Waals surface area (Å²) < 4.78 is 0. The molecular weight excluding hydrogens is 256 g/mol. The molecule has 1 aromatic carbocycles. The maximum absolute atomic E-state index is 12.6. The van der Waals surface area contributed by atoms with E-state index in [1.54, 1.807) is 18.2 Å². The van der Waals surface area contributed by atoms with Crippen molar-refractivity contribution >= 4 is 17.6 Å². The standard InChI is InChI=1S/C15H16N2O3/c16-11-6-5-10(7-11)14(18)17-12-4-2-1-3-9(12)8-13(17)15(19)20/h1-6,10-11,13H,7-8,16H2,(H,19,20)/t10?,11?,13-/m0/s1. The van der Waals surface area contributed by atoms with E-state index in [0.717, 1.165) is 5.56 Å². The molecule has 1 aliphatic carbocycles. The molecule has 2 aliphatic rings. The molecule has 3 N–H and O–H groups in total. The fraction of sp³-hybridized carbons (Fsp3) is 0.333. The van der Waals surface area contributed by atoms with Crippen LogP contribution in [0.3, 0.4) is 0 Å². The molecule has 20 heavy (non-hydrogen) atoms. The third-order valence-electron chi connectivity index (χ3n) is 3.93. The number of aliphatic carboxylic acids is 1. The number of hydrogen-bond acceptors (Lipinski definition) is 3. The highest BCUT2D eigenvalue weighted by atomic mass is 16.4. The summed E-state index contributed by atoms with van der Waals surface area (Å²) >= 11 is 0. The summed E-state index contributed by atoms with van der Waals surface area (Å²) in [6, 6.07) is 6.41. The first-order valence-corrected chi connectivity index (χ1v) is 6.65. The second-order valence-electron chi connectivity index (χ2n) is 5.29. The van der Waals surface area contributed by atoms with Gasteiger partial charge >= 0.3 is 5.97 Å². The molecule has 5 nitrogen and oxygen atoms in total. The Hall–Kier alpha value is -2.14. The van der Waals surface area contributed by atoms with Crippen LogP contribution in [0.5, 0.6) is 0 Å². The molecule has 1 amide bonds. The van der Waals surface area contributed by atoms with Gasteiger partial charge in [-0.25, -0.2) is 4.79 Å². The van der Waals surface area contributed by atoms with E-state index in [9.17, 15) is 14.7 Å². The molecule has 0 bridgehead atoms. The molecule has 1 aliphatic heterocycles. The number of nitrogens with zero attached hydrogens (tertiary/aromatic N) is 1. The van der Waals surface area contributed by atoms with Crippen LogP contribution in [0.15, 0.2) is 36.4 Å². The first-order chi connectivity index (χ1) is 9.58. The Balaban J connectivity index is 1.94. The normalized spacial score (nSPS) is 27.6. The Bertz CT molecular complexity index is 597. The van der Waals surface area contributed by atoms with Gasteiger partial charge in [0.2, 0.25) is 5.91 Å². The number of hydrogen-bond donors (Lipinski definition) is 2. The van der Waals surface area contributed by atoms with E-state index in [1.165, 1.54) is 4.90 Å². The Labute approximate surface area is 116 Å². The van der Waals surface area contributed by atoms with Gasteiger partial charge in [0.05, 0.1) is 5.92 Å². The van der Waals surface area contributed by atoms with Crippen LogP contribution in [-0.2, 0) is 16.0 Å². The van der Waals surface area contributed by atoms with Gasteiger partial charge in [0.25, 0.3) is 0 Å². The van der Waals surface area contributed by atoms with Crippen molar-refractivity contribution in [1.29, 1.82) is 0 Å². The number of fused-ring (bicyclic) bond motifs is 1. The topological polar surface area (TPSA) is 83.6 Å². The molecule has 3 rings (SSSR count). The van der Waals surface area contributed by atoms with Gasteiger partial charge in [-0.15, -0.1) is 0 Å². The zero-order valence-corrected chi connectivity index (χ0v) is 10.9. The lowest BCUT2D eigenvalue weighted by atomic mass is 10.1. The lowest BCUT2D eigenvalue weighted by molar-refractivity contribution is -0.140. The van der Waals surface area contributed by atoms with E-state index in [4.69, 9.17) is 5.73 Å². The monoisotopic (exact) mass is 272 g/mol. The molecule has 0 aromatic heterocycles. The Morgan fingerprint density at radius 1 is 1.25 bits per heavy atom. The van der Waals surface area contributed by atoms with Crippen LogP contribution in [-0.4, -0.2) is 29.1 Å². The minimum absolute atomic E-state index is 0.120. The molecule has 0 saturated carbocycles. The number of amides is 1. The predicted octanol–water partition coefficient (Wildman–Crippen LogP) is 0.932. The maximum Gasteiger partial charge on any atom is 0.327 e. The third-order valence-corrected chi connectivity index (χ3v) is 3.93. The zero-order chi connectivity index (χ0) is 14.3. The van der Waals surface area contributed by atoms with Crippen LogP contribution in [0, 0.1) is 5.92 Å². The molecule has 2 unspecified atom stereocenters. The summed E-state index contributed by atoms with van der Waals surface area (Å²) in [5, 5.41) is 9.36. The summed E-state index contributed by atoms with van der Waals surface area (Å²) in [4.78, 5) is 25.5. The maximum atomic E-state index is 12.6. The number of carboxylic acids is 1. The SMILES string of the molecule is NC1C=CC(C(=O)N2c3ccccc3C[C@H]2C(=O)O)C1. The molecule has 1 aromatic rings. The van der Waals surface area contributed by atoms with E-state index >= 15 is 0 Å². The van der Waals surface area contributed by atoms with Crippen LogP contribution in [0.2, 0.25) is 0 Å². The largest absolute Gasteiger partial charge is 0.480 e. The van der Waals surface area contributed by atoms with E-state index in [1.807, 2.05) is 18.2 Å². The first-order valence-electron chi connectivity index (χ1n) is 6.65. The van der Waals surface area contributed by atoms with Gasteiger partial charge in [-0.2, -0.15) is 0 Å². The second-order valence-corrected chi connectivity index (χ2v) is 5.29. The van der Waals surface area contributed by atoms with E-state index in [0.29, 0.717) is 18.5 Å². The van der Waals surface area contributed by atoms with Gasteiger partial charge in [-0.05, 0) is 18.1 Å². The zero-order valence-electron chi connectivity index (χ0n) is 10.9. The average Bonchev–Trinajstić information content (AvgIpc) is 3.01. The van der Waals surface area contributed by atoms with Crippen LogP contribution in [0.1, 0.15) is 12.0 Å². The number of anilines is 1. The van der Waals surface area contributed by atoms with Crippen molar-refractivity contribution < 1.29 is 14.7 Å². The van der Waals surface area contributed by atoms with Crippen molar-refractivity contribution in [3.8, 4) is 0 Å². The van der Waals surface area contributed by atoms with Gasteiger partial charge in [0.1, 0.15) is 6.04 Å². The van der Waals surface area contributed by atoms with Crippen molar-refractivity contribution in [2.24, 2.45) is 11.7 Å². The Morgan fingerprint density at radius 3 is 2.65 bits per heavy atom. The summed E-state index contributed by atoms with van der Waals surface area (Å²) in [5.41, 5.74) is 7.39. The second kappa shape index (κ2) is 4.76.